The number of fused-ring (bicyclic) bond motifs is 5. The maximum atomic E-state index is 10.8. The van der Waals surface area contributed by atoms with Gasteiger partial charge in [0.15, 0.2) is 0 Å². The lowest BCUT2D eigenvalue weighted by molar-refractivity contribution is -0.0495. The van der Waals surface area contributed by atoms with Crippen molar-refractivity contribution in [1.29, 1.82) is 5.26 Å². The molecule has 8 atom stereocenters. The quantitative estimate of drug-likeness (QED) is 0.583. The van der Waals surface area contributed by atoms with Crippen molar-refractivity contribution >= 4 is 0 Å². The van der Waals surface area contributed by atoms with Gasteiger partial charge in [-0.15, -0.1) is 0 Å². The maximum absolute atomic E-state index is 10.8. The Morgan fingerprint density at radius 3 is 2.72 bits per heavy atom. The third-order valence-corrected chi connectivity index (χ3v) is 10.7. The summed E-state index contributed by atoms with van der Waals surface area (Å²) in [6.07, 6.45) is 16.9. The van der Waals surface area contributed by atoms with Crippen LogP contribution in [-0.4, -0.2) is 20.5 Å². The molecule has 3 saturated carbocycles. The van der Waals surface area contributed by atoms with Gasteiger partial charge in [-0.1, -0.05) is 32.4 Å². The Hall–Kier alpha value is -1.60. The van der Waals surface area contributed by atoms with Crippen LogP contribution in [0.4, 0.5) is 0 Å². The zero-order valence-electron chi connectivity index (χ0n) is 20.5. The first kappa shape index (κ1) is 22.2. The molecule has 4 aliphatic rings. The highest BCUT2D eigenvalue weighted by Crippen LogP contribution is 2.67. The summed E-state index contributed by atoms with van der Waals surface area (Å²) >= 11 is 0. The molecule has 5 rings (SSSR count). The minimum Gasteiger partial charge on any atom is -0.390 e. The third kappa shape index (κ3) is 3.47. The van der Waals surface area contributed by atoms with Gasteiger partial charge in [-0.3, -0.25) is 4.68 Å². The summed E-state index contributed by atoms with van der Waals surface area (Å²) < 4.78 is 1.99. The summed E-state index contributed by atoms with van der Waals surface area (Å²) in [6, 6.07) is 2.21. The average Bonchev–Trinajstić information content (AvgIpc) is 3.32. The minimum atomic E-state index is -0.494. The molecule has 0 aromatic carbocycles. The Morgan fingerprint density at radius 1 is 1.16 bits per heavy atom. The molecule has 0 aliphatic heterocycles. The van der Waals surface area contributed by atoms with Gasteiger partial charge in [0.05, 0.1) is 17.4 Å². The summed E-state index contributed by atoms with van der Waals surface area (Å²) in [4.78, 5) is 0. The fraction of sp³-hybridized carbons (Fsp3) is 0.786. The Kier molecular flexibility index (Phi) is 5.36. The molecule has 0 spiro atoms. The fourth-order valence-corrected chi connectivity index (χ4v) is 8.87. The van der Waals surface area contributed by atoms with E-state index in [0.29, 0.717) is 16.9 Å². The van der Waals surface area contributed by atoms with Crippen molar-refractivity contribution < 1.29 is 5.11 Å². The van der Waals surface area contributed by atoms with Crippen molar-refractivity contribution in [3.05, 3.63) is 29.6 Å². The van der Waals surface area contributed by atoms with Crippen LogP contribution in [0.2, 0.25) is 0 Å². The van der Waals surface area contributed by atoms with Crippen LogP contribution in [0.1, 0.15) is 91.0 Å². The summed E-state index contributed by atoms with van der Waals surface area (Å²) in [5.74, 6) is 3.72. The third-order valence-electron chi connectivity index (χ3n) is 10.7. The lowest BCUT2D eigenvalue weighted by atomic mass is 9.48. The zero-order valence-corrected chi connectivity index (χ0v) is 20.5. The molecule has 0 saturated heterocycles. The maximum Gasteiger partial charge on any atom is 0.102 e. The van der Waals surface area contributed by atoms with Crippen LogP contribution in [0, 0.1) is 51.8 Å². The Morgan fingerprint density at radius 2 is 1.97 bits per heavy atom. The molecule has 4 aliphatic carbocycles. The van der Waals surface area contributed by atoms with Gasteiger partial charge < -0.3 is 5.11 Å². The second-order valence-corrected chi connectivity index (χ2v) is 12.5. The van der Waals surface area contributed by atoms with Gasteiger partial charge >= 0.3 is 0 Å². The largest absolute Gasteiger partial charge is 0.390 e. The molecule has 2 unspecified atom stereocenters. The molecule has 0 radical (unpaired) electrons. The van der Waals surface area contributed by atoms with Crippen molar-refractivity contribution in [2.45, 2.75) is 97.6 Å². The number of aromatic nitrogens is 2. The van der Waals surface area contributed by atoms with Crippen LogP contribution in [0.25, 0.3) is 0 Å². The predicted molar refractivity (Wildman–Crippen MR) is 127 cm³/mol. The summed E-state index contributed by atoms with van der Waals surface area (Å²) in [6.45, 7) is 10.5. The molecule has 4 heteroatoms. The van der Waals surface area contributed by atoms with E-state index in [-0.39, 0.29) is 5.41 Å². The van der Waals surface area contributed by atoms with E-state index in [1.54, 1.807) is 11.8 Å². The van der Waals surface area contributed by atoms with Gasteiger partial charge in [-0.05, 0) is 105 Å². The van der Waals surface area contributed by atoms with E-state index >= 15 is 0 Å². The lowest BCUT2D eigenvalue weighted by Crippen LogP contribution is -2.49. The summed E-state index contributed by atoms with van der Waals surface area (Å²) in [7, 11) is 0. The standard InChI is InChI=1S/C28H41N3O/c1-19(17-31-18-20(15-29)16-30-31)23-7-8-24-22-6-5-21-9-11-26(2,32)13-14-27(21,3)25(22)10-12-28(23,24)4/h5,16,18-19,22-25,32H,6-14,17H2,1-4H3/t19-,22-,23+,24?,25?,26-,27-,28+/m0/s1. The highest BCUT2D eigenvalue weighted by Gasteiger charge is 2.59. The van der Waals surface area contributed by atoms with Crippen LogP contribution in [0.5, 0.6) is 0 Å². The molecule has 0 bridgehead atoms. The summed E-state index contributed by atoms with van der Waals surface area (Å²) in [5.41, 5.74) is 2.54. The van der Waals surface area contributed by atoms with Gasteiger partial charge in [0, 0.05) is 12.7 Å². The number of hydrogen-bond donors (Lipinski definition) is 1. The van der Waals surface area contributed by atoms with Crippen LogP contribution >= 0.6 is 0 Å². The molecule has 1 heterocycles. The average molecular weight is 436 g/mol. The Labute approximate surface area is 194 Å². The molecular formula is C28H41N3O. The number of nitrogens with zero attached hydrogens (tertiary/aromatic N) is 3. The molecular weight excluding hydrogens is 394 g/mol. The SMILES string of the molecule is C[C@@H](Cn1cc(C#N)cn1)[C@H]1CCC2[C@@H]3CC=C4CC[C@](C)(O)CC[C@]4(C)C3CC[C@@]21C. The van der Waals surface area contributed by atoms with E-state index in [9.17, 15) is 5.11 Å². The first-order valence-corrected chi connectivity index (χ1v) is 13.0. The highest BCUT2D eigenvalue weighted by molar-refractivity contribution is 5.25. The molecule has 174 valence electrons. The lowest BCUT2D eigenvalue weighted by Gasteiger charge is -2.57. The fourth-order valence-electron chi connectivity index (χ4n) is 8.87. The number of allylic oxidation sites excluding steroid dienone is 2. The molecule has 1 N–H and O–H groups in total. The van der Waals surface area contributed by atoms with Crippen molar-refractivity contribution in [1.82, 2.24) is 9.78 Å². The Bertz CT molecular complexity index is 939. The van der Waals surface area contributed by atoms with Crippen LogP contribution in [0.15, 0.2) is 24.0 Å². The van der Waals surface area contributed by atoms with Crippen LogP contribution < -0.4 is 0 Å². The topological polar surface area (TPSA) is 61.8 Å². The number of aliphatic hydroxyl groups is 1. The molecule has 3 fully saturated rings. The van der Waals surface area contributed by atoms with Crippen molar-refractivity contribution in [3.8, 4) is 6.07 Å². The van der Waals surface area contributed by atoms with Crippen molar-refractivity contribution in [2.75, 3.05) is 0 Å². The van der Waals surface area contributed by atoms with E-state index in [0.717, 1.165) is 55.9 Å². The van der Waals surface area contributed by atoms with Gasteiger partial charge in [0.25, 0.3) is 0 Å². The predicted octanol–water partition coefficient (Wildman–Crippen LogP) is 6.11. The van der Waals surface area contributed by atoms with Gasteiger partial charge in [0.2, 0.25) is 0 Å². The zero-order chi connectivity index (χ0) is 22.7. The smallest absolute Gasteiger partial charge is 0.102 e. The number of nitriles is 1. The molecule has 32 heavy (non-hydrogen) atoms. The van der Waals surface area contributed by atoms with E-state index in [4.69, 9.17) is 5.26 Å². The summed E-state index contributed by atoms with van der Waals surface area (Å²) in [5, 5.41) is 24.3. The molecule has 1 aromatic heterocycles. The second-order valence-electron chi connectivity index (χ2n) is 12.5. The second kappa shape index (κ2) is 7.73. The van der Waals surface area contributed by atoms with E-state index in [1.807, 2.05) is 17.8 Å². The van der Waals surface area contributed by atoms with E-state index in [1.165, 1.54) is 32.1 Å². The monoisotopic (exact) mass is 435 g/mol. The molecule has 0 amide bonds. The first-order valence-electron chi connectivity index (χ1n) is 13.0. The number of rotatable bonds is 3. The molecule has 4 nitrogen and oxygen atoms in total. The normalized spacial score (nSPS) is 44.4. The number of hydrogen-bond acceptors (Lipinski definition) is 3. The van der Waals surface area contributed by atoms with Crippen molar-refractivity contribution in [3.63, 3.8) is 0 Å². The van der Waals surface area contributed by atoms with E-state index in [2.05, 4.69) is 38.0 Å². The minimum absolute atomic E-state index is 0.289. The van der Waals surface area contributed by atoms with Gasteiger partial charge in [-0.25, -0.2) is 0 Å². The Balaban J connectivity index is 1.36. The van der Waals surface area contributed by atoms with Crippen LogP contribution in [-0.2, 0) is 6.54 Å². The van der Waals surface area contributed by atoms with Crippen molar-refractivity contribution in [2.24, 2.45) is 40.4 Å². The van der Waals surface area contributed by atoms with Gasteiger partial charge in [-0.2, -0.15) is 10.4 Å². The van der Waals surface area contributed by atoms with Gasteiger partial charge in [0.1, 0.15) is 6.07 Å². The highest BCUT2D eigenvalue weighted by atomic mass is 16.3. The molecule has 1 aromatic rings. The van der Waals surface area contributed by atoms with Crippen LogP contribution in [0.3, 0.4) is 0 Å². The van der Waals surface area contributed by atoms with E-state index < -0.39 is 5.60 Å². The first-order chi connectivity index (χ1) is 15.2.